The molecule has 1 atom stereocenters. The number of carbonyl (C=O) groups excluding carboxylic acids is 1. The van der Waals surface area contributed by atoms with Crippen LogP contribution in [0.5, 0.6) is 11.5 Å². The molecule has 3 heterocycles. The number of benzene rings is 1. The van der Waals surface area contributed by atoms with Gasteiger partial charge in [0.15, 0.2) is 11.5 Å². The van der Waals surface area contributed by atoms with Crippen molar-refractivity contribution in [2.75, 3.05) is 58.9 Å². The number of carbonyl (C=O) groups is 1. The molecule has 1 aromatic rings. The molecule has 0 aromatic heterocycles. The highest BCUT2D eigenvalue weighted by Gasteiger charge is 2.27. The predicted octanol–water partition coefficient (Wildman–Crippen LogP) is 1.08. The highest BCUT2D eigenvalue weighted by Crippen LogP contribution is 2.32. The first-order chi connectivity index (χ1) is 16.4. The van der Waals surface area contributed by atoms with Crippen molar-refractivity contribution < 1.29 is 27.4 Å². The van der Waals surface area contributed by atoms with Crippen LogP contribution in [0.15, 0.2) is 46.5 Å². The van der Waals surface area contributed by atoms with Crippen LogP contribution in [0.4, 0.5) is 0 Å². The van der Waals surface area contributed by atoms with Gasteiger partial charge in [-0.05, 0) is 36.8 Å². The standard InChI is InChI=1S/C23H30N4O6S/c1-3-33-20-6-4-17(14-21(20)31-2)19(26-8-11-32-12-9-26)15-24-23(28)18-5-7-22-25-34(29,30)13-10-27(22)16-18/h4-7,14,16,19H,3,8-13,15H2,1-2H3,(H,24,28)/t19-/m1/s1. The van der Waals surface area contributed by atoms with Crippen molar-refractivity contribution in [2.24, 2.45) is 4.40 Å². The van der Waals surface area contributed by atoms with Crippen molar-refractivity contribution in [3.63, 3.8) is 0 Å². The van der Waals surface area contributed by atoms with E-state index in [1.165, 1.54) is 0 Å². The van der Waals surface area contributed by atoms with Crippen LogP contribution in [0, 0.1) is 0 Å². The number of fused-ring (bicyclic) bond motifs is 1. The summed E-state index contributed by atoms with van der Waals surface area (Å²) in [6.07, 6.45) is 4.80. The lowest BCUT2D eigenvalue weighted by Gasteiger charge is -2.35. The van der Waals surface area contributed by atoms with Gasteiger partial charge in [-0.2, -0.15) is 0 Å². The van der Waals surface area contributed by atoms with Crippen LogP contribution >= 0.6 is 0 Å². The summed E-state index contributed by atoms with van der Waals surface area (Å²) in [5.41, 5.74) is 1.45. The summed E-state index contributed by atoms with van der Waals surface area (Å²) in [6, 6.07) is 5.76. The first-order valence-corrected chi connectivity index (χ1v) is 12.9. The third-order valence-electron chi connectivity index (χ3n) is 5.90. The molecule has 1 amide bonds. The second-order valence-electron chi connectivity index (χ2n) is 8.06. The Hall–Kier alpha value is -2.89. The quantitative estimate of drug-likeness (QED) is 0.577. The third-order valence-corrected chi connectivity index (χ3v) is 7.06. The molecule has 0 radical (unpaired) electrons. The van der Waals surface area contributed by atoms with Gasteiger partial charge in [-0.15, -0.1) is 4.40 Å². The number of hydrogen-bond acceptors (Lipinski definition) is 8. The highest BCUT2D eigenvalue weighted by molar-refractivity contribution is 7.90. The SMILES string of the molecule is CCOc1ccc([C@@H](CNC(=O)C2=CN3CCS(=O)(=O)N=C3C=C2)N2CCOCC2)cc1OC. The lowest BCUT2D eigenvalue weighted by Crippen LogP contribution is -2.44. The average molecular weight is 491 g/mol. The van der Waals surface area contributed by atoms with Crippen molar-refractivity contribution in [1.82, 2.24) is 15.1 Å². The van der Waals surface area contributed by atoms with Crippen molar-refractivity contribution in [2.45, 2.75) is 13.0 Å². The molecule has 34 heavy (non-hydrogen) atoms. The predicted molar refractivity (Wildman–Crippen MR) is 127 cm³/mol. The van der Waals surface area contributed by atoms with Gasteiger partial charge in [-0.25, -0.2) is 8.42 Å². The number of amidine groups is 1. The molecule has 1 saturated heterocycles. The normalized spacial score (nSPS) is 20.6. The molecule has 4 rings (SSSR count). The van der Waals surface area contributed by atoms with E-state index >= 15 is 0 Å². The molecule has 1 fully saturated rings. The van der Waals surface area contributed by atoms with Gasteiger partial charge in [0.1, 0.15) is 5.84 Å². The molecule has 0 bridgehead atoms. The van der Waals surface area contributed by atoms with Crippen LogP contribution in [0.3, 0.4) is 0 Å². The fraction of sp³-hybridized carbons (Fsp3) is 0.478. The maximum Gasteiger partial charge on any atom is 0.256 e. The highest BCUT2D eigenvalue weighted by atomic mass is 32.2. The Morgan fingerprint density at radius 3 is 2.74 bits per heavy atom. The molecule has 0 aliphatic carbocycles. The summed E-state index contributed by atoms with van der Waals surface area (Å²) >= 11 is 0. The molecule has 10 nitrogen and oxygen atoms in total. The first-order valence-electron chi connectivity index (χ1n) is 11.3. The van der Waals surface area contributed by atoms with Gasteiger partial charge in [0.05, 0.1) is 44.3 Å². The summed E-state index contributed by atoms with van der Waals surface area (Å²) in [4.78, 5) is 16.9. The van der Waals surface area contributed by atoms with E-state index in [0.29, 0.717) is 49.3 Å². The van der Waals surface area contributed by atoms with Gasteiger partial charge < -0.3 is 24.4 Å². The van der Waals surface area contributed by atoms with Crippen molar-refractivity contribution in [1.29, 1.82) is 0 Å². The lowest BCUT2D eigenvalue weighted by molar-refractivity contribution is -0.117. The number of sulfonamides is 1. The second kappa shape index (κ2) is 10.6. The zero-order chi connectivity index (χ0) is 24.1. The van der Waals surface area contributed by atoms with E-state index < -0.39 is 10.0 Å². The summed E-state index contributed by atoms with van der Waals surface area (Å²) < 4.78 is 43.9. The van der Waals surface area contributed by atoms with Gasteiger partial charge >= 0.3 is 0 Å². The number of rotatable bonds is 8. The van der Waals surface area contributed by atoms with E-state index in [1.807, 2.05) is 25.1 Å². The molecular formula is C23H30N4O6S. The van der Waals surface area contributed by atoms with Gasteiger partial charge in [-0.1, -0.05) is 6.07 Å². The fourth-order valence-electron chi connectivity index (χ4n) is 4.14. The number of nitrogens with one attached hydrogen (secondary N) is 1. The molecule has 3 aliphatic heterocycles. The molecule has 1 N–H and O–H groups in total. The monoisotopic (exact) mass is 490 g/mol. The zero-order valence-corrected chi connectivity index (χ0v) is 20.2. The second-order valence-corrected chi connectivity index (χ2v) is 9.82. The Kier molecular flexibility index (Phi) is 7.54. The lowest BCUT2D eigenvalue weighted by atomic mass is 10.0. The number of methoxy groups -OCH3 is 1. The Morgan fingerprint density at radius 2 is 2.00 bits per heavy atom. The van der Waals surface area contributed by atoms with Crippen LogP contribution in [0.2, 0.25) is 0 Å². The van der Waals surface area contributed by atoms with Crippen LogP contribution in [-0.4, -0.2) is 88.8 Å². The molecule has 0 unspecified atom stereocenters. The topological polar surface area (TPSA) is 110 Å². The van der Waals surface area contributed by atoms with Crippen LogP contribution in [-0.2, 0) is 19.6 Å². The van der Waals surface area contributed by atoms with Gasteiger partial charge in [0, 0.05) is 32.4 Å². The maximum absolute atomic E-state index is 13.0. The van der Waals surface area contributed by atoms with Gasteiger partial charge in [0.25, 0.3) is 15.9 Å². The minimum absolute atomic E-state index is 0.0750. The summed E-state index contributed by atoms with van der Waals surface area (Å²) in [5, 5.41) is 3.04. The number of ether oxygens (including phenoxy) is 3. The van der Waals surface area contributed by atoms with Crippen molar-refractivity contribution in [3.05, 3.63) is 47.7 Å². The minimum Gasteiger partial charge on any atom is -0.493 e. The number of morpholine rings is 1. The van der Waals surface area contributed by atoms with E-state index in [4.69, 9.17) is 14.2 Å². The summed E-state index contributed by atoms with van der Waals surface area (Å²) in [5.74, 6) is 1.34. The van der Waals surface area contributed by atoms with Crippen LogP contribution < -0.4 is 14.8 Å². The Morgan fingerprint density at radius 1 is 1.21 bits per heavy atom. The zero-order valence-electron chi connectivity index (χ0n) is 19.4. The van der Waals surface area contributed by atoms with Gasteiger partial charge in [0.2, 0.25) is 0 Å². The van der Waals surface area contributed by atoms with Gasteiger partial charge in [-0.3, -0.25) is 9.69 Å². The molecular weight excluding hydrogens is 460 g/mol. The Bertz CT molecular complexity index is 1110. The summed E-state index contributed by atoms with van der Waals surface area (Å²) in [6.45, 7) is 5.88. The van der Waals surface area contributed by atoms with Crippen LogP contribution in [0.25, 0.3) is 0 Å². The van der Waals surface area contributed by atoms with Crippen molar-refractivity contribution in [3.8, 4) is 11.5 Å². The number of nitrogens with zero attached hydrogens (tertiary/aromatic N) is 3. The maximum atomic E-state index is 13.0. The molecule has 0 saturated carbocycles. The molecule has 3 aliphatic rings. The largest absolute Gasteiger partial charge is 0.493 e. The van der Waals surface area contributed by atoms with E-state index in [-0.39, 0.29) is 24.2 Å². The Labute approximate surface area is 199 Å². The molecule has 0 spiro atoms. The van der Waals surface area contributed by atoms with Crippen molar-refractivity contribution >= 4 is 21.8 Å². The minimum atomic E-state index is -3.44. The van der Waals surface area contributed by atoms with E-state index in [1.54, 1.807) is 30.4 Å². The smallest absolute Gasteiger partial charge is 0.256 e. The average Bonchev–Trinajstić information content (AvgIpc) is 2.84. The molecule has 184 valence electrons. The van der Waals surface area contributed by atoms with E-state index in [9.17, 15) is 13.2 Å². The third kappa shape index (κ3) is 5.60. The summed E-state index contributed by atoms with van der Waals surface area (Å²) in [7, 11) is -1.83. The number of hydrogen-bond donors (Lipinski definition) is 1. The van der Waals surface area contributed by atoms with Crippen LogP contribution in [0.1, 0.15) is 18.5 Å². The van der Waals surface area contributed by atoms with E-state index in [2.05, 4.69) is 14.6 Å². The Balaban J connectivity index is 1.50. The fourth-order valence-corrected chi connectivity index (χ4v) is 5.11. The molecule has 1 aromatic carbocycles. The number of amides is 1. The first kappa shape index (κ1) is 24.2. The van der Waals surface area contributed by atoms with E-state index in [0.717, 1.165) is 18.7 Å². The molecule has 11 heteroatoms.